The maximum absolute atomic E-state index is 13.1. The summed E-state index contributed by atoms with van der Waals surface area (Å²) in [6.45, 7) is 3.70. The molecule has 0 spiro atoms. The summed E-state index contributed by atoms with van der Waals surface area (Å²) in [5.74, 6) is -0.362. The van der Waals surface area contributed by atoms with E-state index in [-0.39, 0.29) is 11.2 Å². The van der Waals surface area contributed by atoms with E-state index >= 15 is 0 Å². The number of hydrogen-bond donors (Lipinski definition) is 1. The SMILES string of the molecule is CC1(C(C)(O)c2cc(F)ccc2Cl)CC1. The summed E-state index contributed by atoms with van der Waals surface area (Å²) in [4.78, 5) is 0. The van der Waals surface area contributed by atoms with Gasteiger partial charge >= 0.3 is 0 Å². The van der Waals surface area contributed by atoms with Crippen molar-refractivity contribution in [3.05, 3.63) is 34.6 Å². The second kappa shape index (κ2) is 3.19. The minimum atomic E-state index is -1.05. The lowest BCUT2D eigenvalue weighted by molar-refractivity contribution is -0.0128. The molecule has 0 radical (unpaired) electrons. The number of halogens is 2. The molecule has 1 atom stereocenters. The molecule has 1 unspecified atom stereocenters. The van der Waals surface area contributed by atoms with E-state index in [0.29, 0.717) is 10.6 Å². The van der Waals surface area contributed by atoms with Crippen LogP contribution in [0.15, 0.2) is 18.2 Å². The molecule has 2 rings (SSSR count). The van der Waals surface area contributed by atoms with Gasteiger partial charge in [0, 0.05) is 16.0 Å². The fourth-order valence-corrected chi connectivity index (χ4v) is 2.17. The van der Waals surface area contributed by atoms with Crippen molar-refractivity contribution in [1.29, 1.82) is 0 Å². The van der Waals surface area contributed by atoms with Gasteiger partial charge in [-0.3, -0.25) is 0 Å². The van der Waals surface area contributed by atoms with Gasteiger partial charge in [0.25, 0.3) is 0 Å². The fourth-order valence-electron chi connectivity index (χ4n) is 1.87. The molecule has 0 heterocycles. The van der Waals surface area contributed by atoms with Crippen LogP contribution in [-0.2, 0) is 5.60 Å². The Morgan fingerprint density at radius 2 is 2.07 bits per heavy atom. The number of benzene rings is 1. The first-order valence-electron chi connectivity index (χ1n) is 5.05. The zero-order chi connectivity index (χ0) is 11.3. The van der Waals surface area contributed by atoms with Crippen LogP contribution in [0.2, 0.25) is 5.02 Å². The Bertz CT molecular complexity index is 397. The van der Waals surface area contributed by atoms with Crippen LogP contribution in [0.3, 0.4) is 0 Å². The molecule has 82 valence electrons. The highest BCUT2D eigenvalue weighted by Gasteiger charge is 2.53. The van der Waals surface area contributed by atoms with E-state index in [1.54, 1.807) is 6.92 Å². The number of rotatable bonds is 2. The summed E-state index contributed by atoms with van der Waals surface area (Å²) in [7, 11) is 0. The van der Waals surface area contributed by atoms with E-state index in [0.717, 1.165) is 12.8 Å². The summed E-state index contributed by atoms with van der Waals surface area (Å²) in [5, 5.41) is 10.9. The first-order chi connectivity index (χ1) is 6.87. The predicted octanol–water partition coefficient (Wildman–Crippen LogP) is 3.49. The molecule has 1 nitrogen and oxygen atoms in total. The van der Waals surface area contributed by atoms with Gasteiger partial charge < -0.3 is 5.11 Å². The Kier molecular flexibility index (Phi) is 2.32. The summed E-state index contributed by atoms with van der Waals surface area (Å²) in [5.41, 5.74) is -0.722. The normalized spacial score (nSPS) is 22.2. The highest BCUT2D eigenvalue weighted by Crippen LogP contribution is 2.58. The quantitative estimate of drug-likeness (QED) is 0.822. The van der Waals surface area contributed by atoms with E-state index in [9.17, 15) is 9.50 Å². The van der Waals surface area contributed by atoms with Crippen molar-refractivity contribution < 1.29 is 9.50 Å². The van der Waals surface area contributed by atoms with Gasteiger partial charge in [-0.2, -0.15) is 0 Å². The Hall–Kier alpha value is -0.600. The van der Waals surface area contributed by atoms with Crippen molar-refractivity contribution in [3.63, 3.8) is 0 Å². The lowest BCUT2D eigenvalue weighted by Gasteiger charge is -2.31. The van der Waals surface area contributed by atoms with Gasteiger partial charge in [-0.1, -0.05) is 18.5 Å². The smallest absolute Gasteiger partial charge is 0.123 e. The van der Waals surface area contributed by atoms with Gasteiger partial charge in [0.15, 0.2) is 0 Å². The van der Waals surface area contributed by atoms with Crippen LogP contribution in [-0.4, -0.2) is 5.11 Å². The largest absolute Gasteiger partial charge is 0.385 e. The average molecular weight is 229 g/mol. The highest BCUT2D eigenvalue weighted by molar-refractivity contribution is 6.31. The van der Waals surface area contributed by atoms with Crippen molar-refractivity contribution in [2.75, 3.05) is 0 Å². The Balaban J connectivity index is 2.48. The van der Waals surface area contributed by atoms with E-state index < -0.39 is 5.60 Å². The molecular weight excluding hydrogens is 215 g/mol. The van der Waals surface area contributed by atoms with Crippen LogP contribution in [0.5, 0.6) is 0 Å². The molecule has 0 aromatic heterocycles. The molecule has 1 aromatic rings. The Morgan fingerprint density at radius 3 is 2.60 bits per heavy atom. The summed E-state index contributed by atoms with van der Waals surface area (Å²) in [6.07, 6.45) is 1.90. The molecule has 1 N–H and O–H groups in total. The van der Waals surface area contributed by atoms with Gasteiger partial charge in [0.05, 0.1) is 5.60 Å². The summed E-state index contributed by atoms with van der Waals surface area (Å²) in [6, 6.07) is 4.12. The number of hydrogen-bond acceptors (Lipinski definition) is 1. The van der Waals surface area contributed by atoms with E-state index in [2.05, 4.69) is 0 Å². The molecule has 1 aliphatic rings. The number of aliphatic hydroxyl groups is 1. The molecule has 0 bridgehead atoms. The lowest BCUT2D eigenvalue weighted by atomic mass is 9.81. The molecule has 0 amide bonds. The van der Waals surface area contributed by atoms with Crippen molar-refractivity contribution >= 4 is 11.6 Å². The standard InChI is InChI=1S/C12H14ClFO/c1-11(5-6-11)12(2,15)9-7-8(14)3-4-10(9)13/h3-4,7,15H,5-6H2,1-2H3. The highest BCUT2D eigenvalue weighted by atomic mass is 35.5. The van der Waals surface area contributed by atoms with Crippen molar-refractivity contribution in [3.8, 4) is 0 Å². The maximum atomic E-state index is 13.1. The molecule has 15 heavy (non-hydrogen) atoms. The molecule has 1 saturated carbocycles. The van der Waals surface area contributed by atoms with Crippen molar-refractivity contribution in [2.24, 2.45) is 5.41 Å². The van der Waals surface area contributed by atoms with Crippen LogP contribution < -0.4 is 0 Å². The zero-order valence-corrected chi connectivity index (χ0v) is 9.61. The fraction of sp³-hybridized carbons (Fsp3) is 0.500. The lowest BCUT2D eigenvalue weighted by Crippen LogP contribution is -2.31. The summed E-state index contributed by atoms with van der Waals surface area (Å²) >= 11 is 5.99. The minimum Gasteiger partial charge on any atom is -0.385 e. The minimum absolute atomic E-state index is 0.162. The first kappa shape index (κ1) is 10.9. The Labute approximate surface area is 93.9 Å². The van der Waals surface area contributed by atoms with Gasteiger partial charge in [0.2, 0.25) is 0 Å². The summed E-state index contributed by atoms with van der Waals surface area (Å²) < 4.78 is 13.1. The van der Waals surface area contributed by atoms with Crippen LogP contribution >= 0.6 is 11.6 Å². The second-order valence-corrected chi connectivity index (χ2v) is 5.16. The first-order valence-corrected chi connectivity index (χ1v) is 5.42. The maximum Gasteiger partial charge on any atom is 0.123 e. The molecular formula is C12H14ClFO. The van der Waals surface area contributed by atoms with E-state index in [4.69, 9.17) is 11.6 Å². The van der Waals surface area contributed by atoms with Gasteiger partial charge in [-0.25, -0.2) is 4.39 Å². The van der Waals surface area contributed by atoms with Gasteiger partial charge in [-0.15, -0.1) is 0 Å². The third-order valence-corrected chi connectivity index (χ3v) is 3.96. The van der Waals surface area contributed by atoms with E-state index in [1.807, 2.05) is 6.92 Å². The molecule has 0 aliphatic heterocycles. The van der Waals surface area contributed by atoms with E-state index in [1.165, 1.54) is 18.2 Å². The third-order valence-electron chi connectivity index (χ3n) is 3.63. The second-order valence-electron chi connectivity index (χ2n) is 4.76. The van der Waals surface area contributed by atoms with Crippen molar-refractivity contribution in [1.82, 2.24) is 0 Å². The molecule has 3 heteroatoms. The average Bonchev–Trinajstić information content (AvgIpc) is 2.89. The van der Waals surface area contributed by atoms with Crippen LogP contribution in [0.1, 0.15) is 32.3 Å². The Morgan fingerprint density at radius 1 is 1.47 bits per heavy atom. The van der Waals surface area contributed by atoms with Crippen molar-refractivity contribution in [2.45, 2.75) is 32.3 Å². The molecule has 1 aliphatic carbocycles. The monoisotopic (exact) mass is 228 g/mol. The van der Waals surface area contributed by atoms with Crippen LogP contribution in [0.25, 0.3) is 0 Å². The zero-order valence-electron chi connectivity index (χ0n) is 8.85. The van der Waals surface area contributed by atoms with Crippen LogP contribution in [0, 0.1) is 11.2 Å². The molecule has 1 aromatic carbocycles. The predicted molar refractivity (Wildman–Crippen MR) is 58.3 cm³/mol. The van der Waals surface area contributed by atoms with Crippen LogP contribution in [0.4, 0.5) is 4.39 Å². The topological polar surface area (TPSA) is 20.2 Å². The molecule has 1 fully saturated rings. The van der Waals surface area contributed by atoms with Gasteiger partial charge in [0.1, 0.15) is 5.82 Å². The van der Waals surface area contributed by atoms with Gasteiger partial charge in [-0.05, 0) is 38.0 Å². The molecule has 0 saturated heterocycles. The third kappa shape index (κ3) is 1.66.